The number of para-hydroxylation sites is 1. The van der Waals surface area contributed by atoms with Crippen molar-refractivity contribution < 1.29 is 4.74 Å². The van der Waals surface area contributed by atoms with Gasteiger partial charge in [0.1, 0.15) is 0 Å². The average molecular weight is 272 g/mol. The number of aryl methyl sites for hydroxylation is 2. The fourth-order valence-electron chi connectivity index (χ4n) is 3.38. The first-order valence-corrected chi connectivity index (χ1v) is 7.50. The van der Waals surface area contributed by atoms with Crippen molar-refractivity contribution in [3.63, 3.8) is 0 Å². The van der Waals surface area contributed by atoms with Gasteiger partial charge in [-0.05, 0) is 44.4 Å². The Morgan fingerprint density at radius 3 is 3.00 bits per heavy atom. The van der Waals surface area contributed by atoms with Crippen LogP contribution < -0.4 is 0 Å². The Morgan fingerprint density at radius 2 is 2.20 bits per heavy atom. The van der Waals surface area contributed by atoms with E-state index in [1.807, 2.05) is 0 Å². The van der Waals surface area contributed by atoms with Crippen LogP contribution in [0.4, 0.5) is 0 Å². The molecule has 0 amide bonds. The van der Waals surface area contributed by atoms with Crippen molar-refractivity contribution in [3.05, 3.63) is 35.0 Å². The third kappa shape index (κ3) is 2.36. The highest BCUT2D eigenvalue weighted by molar-refractivity contribution is 5.87. The number of nitrogens with one attached hydrogen (secondary N) is 1. The molecule has 3 nitrogen and oxygen atoms in total. The smallest absolute Gasteiger partial charge is 0.0618 e. The summed E-state index contributed by atoms with van der Waals surface area (Å²) in [6.45, 7) is 7.40. The summed E-state index contributed by atoms with van der Waals surface area (Å²) in [6, 6.07) is 7.22. The van der Waals surface area contributed by atoms with Crippen molar-refractivity contribution in [2.45, 2.75) is 39.3 Å². The first-order chi connectivity index (χ1) is 9.70. The summed E-state index contributed by atoms with van der Waals surface area (Å²) < 4.78 is 5.35. The molecule has 3 heteroatoms. The van der Waals surface area contributed by atoms with E-state index in [0.29, 0.717) is 6.04 Å². The van der Waals surface area contributed by atoms with Gasteiger partial charge in [-0.2, -0.15) is 0 Å². The van der Waals surface area contributed by atoms with E-state index in [9.17, 15) is 0 Å². The second-order valence-electron chi connectivity index (χ2n) is 5.94. The Balaban J connectivity index is 1.89. The van der Waals surface area contributed by atoms with E-state index in [1.165, 1.54) is 47.1 Å². The lowest BCUT2D eigenvalue weighted by atomic mass is 10.1. The van der Waals surface area contributed by atoms with Gasteiger partial charge in [-0.25, -0.2) is 0 Å². The summed E-state index contributed by atoms with van der Waals surface area (Å²) in [7, 11) is 1.80. The molecule has 1 atom stereocenters. The molecule has 1 aliphatic heterocycles. The number of aromatic amines is 1. The van der Waals surface area contributed by atoms with Gasteiger partial charge in [0.25, 0.3) is 0 Å². The number of hydrogen-bond donors (Lipinski definition) is 1. The van der Waals surface area contributed by atoms with E-state index in [2.05, 4.69) is 41.9 Å². The Hall–Kier alpha value is -1.32. The topological polar surface area (TPSA) is 28.3 Å². The van der Waals surface area contributed by atoms with Crippen molar-refractivity contribution in [1.82, 2.24) is 9.88 Å². The van der Waals surface area contributed by atoms with Crippen LogP contribution in [0.1, 0.15) is 29.7 Å². The molecule has 0 radical (unpaired) electrons. The van der Waals surface area contributed by atoms with Crippen LogP contribution in [0.2, 0.25) is 0 Å². The van der Waals surface area contributed by atoms with Gasteiger partial charge in [0.15, 0.2) is 0 Å². The molecule has 3 rings (SSSR count). The van der Waals surface area contributed by atoms with Gasteiger partial charge >= 0.3 is 0 Å². The number of fused-ring (bicyclic) bond motifs is 1. The van der Waals surface area contributed by atoms with Crippen LogP contribution in [0.15, 0.2) is 18.2 Å². The van der Waals surface area contributed by atoms with Gasteiger partial charge in [0, 0.05) is 30.8 Å². The van der Waals surface area contributed by atoms with Crippen molar-refractivity contribution in [2.24, 2.45) is 0 Å². The van der Waals surface area contributed by atoms with Crippen LogP contribution in [0.3, 0.4) is 0 Å². The molecule has 20 heavy (non-hydrogen) atoms. The molecule has 1 saturated heterocycles. The van der Waals surface area contributed by atoms with Crippen LogP contribution in [0, 0.1) is 13.8 Å². The van der Waals surface area contributed by atoms with Gasteiger partial charge in [-0.1, -0.05) is 18.2 Å². The standard InChI is InChI=1S/C17H24N2O/c1-12-13(2)18-17-14(6-4-8-16(12)17)10-19-9-5-7-15(19)11-20-3/h4,6,8,15,18H,5,7,9-11H2,1-3H3. The molecule has 0 saturated carbocycles. The highest BCUT2D eigenvalue weighted by Gasteiger charge is 2.24. The minimum absolute atomic E-state index is 0.576. The van der Waals surface area contributed by atoms with E-state index in [4.69, 9.17) is 4.74 Å². The molecule has 1 aliphatic rings. The molecule has 2 heterocycles. The molecule has 2 aromatic rings. The number of rotatable bonds is 4. The summed E-state index contributed by atoms with van der Waals surface area (Å²) in [6.07, 6.45) is 2.54. The van der Waals surface area contributed by atoms with Crippen LogP contribution >= 0.6 is 0 Å². The zero-order valence-electron chi connectivity index (χ0n) is 12.7. The lowest BCUT2D eigenvalue weighted by molar-refractivity contribution is 0.112. The second kappa shape index (κ2) is 5.58. The summed E-state index contributed by atoms with van der Waals surface area (Å²) in [5, 5.41) is 1.36. The van der Waals surface area contributed by atoms with E-state index in [0.717, 1.165) is 13.2 Å². The number of nitrogens with zero attached hydrogens (tertiary/aromatic N) is 1. The van der Waals surface area contributed by atoms with Crippen molar-refractivity contribution in [2.75, 3.05) is 20.3 Å². The highest BCUT2D eigenvalue weighted by Crippen LogP contribution is 2.27. The van der Waals surface area contributed by atoms with Crippen LogP contribution in [-0.2, 0) is 11.3 Å². The van der Waals surface area contributed by atoms with Gasteiger partial charge < -0.3 is 9.72 Å². The minimum atomic E-state index is 0.576. The number of hydrogen-bond acceptors (Lipinski definition) is 2. The molecule has 1 unspecified atom stereocenters. The van der Waals surface area contributed by atoms with Crippen LogP contribution in [0.25, 0.3) is 10.9 Å². The summed E-state index contributed by atoms with van der Waals surface area (Å²) in [5.41, 5.74) is 5.37. The molecular formula is C17H24N2O. The van der Waals surface area contributed by atoms with Gasteiger partial charge in [-0.15, -0.1) is 0 Å². The predicted octanol–water partition coefficient (Wildman–Crippen LogP) is 3.40. The van der Waals surface area contributed by atoms with Crippen molar-refractivity contribution >= 4 is 10.9 Å². The molecule has 1 fully saturated rings. The van der Waals surface area contributed by atoms with Gasteiger partial charge in [0.2, 0.25) is 0 Å². The summed E-state index contributed by atoms with van der Waals surface area (Å²) in [4.78, 5) is 6.12. The summed E-state index contributed by atoms with van der Waals surface area (Å²) >= 11 is 0. The lowest BCUT2D eigenvalue weighted by Crippen LogP contribution is -2.32. The first kappa shape index (κ1) is 13.7. The highest BCUT2D eigenvalue weighted by atomic mass is 16.5. The molecular weight excluding hydrogens is 248 g/mol. The Labute approximate surface area is 120 Å². The molecule has 0 bridgehead atoms. The Morgan fingerprint density at radius 1 is 1.35 bits per heavy atom. The number of likely N-dealkylation sites (tertiary alicyclic amines) is 1. The zero-order chi connectivity index (χ0) is 14.1. The SMILES string of the molecule is COCC1CCCN1Cc1cccc2c(C)c(C)[nH]c12. The molecule has 0 aliphatic carbocycles. The van der Waals surface area contributed by atoms with Crippen LogP contribution in [-0.4, -0.2) is 36.2 Å². The molecule has 0 spiro atoms. The zero-order valence-corrected chi connectivity index (χ0v) is 12.7. The van der Waals surface area contributed by atoms with Crippen molar-refractivity contribution in [3.8, 4) is 0 Å². The van der Waals surface area contributed by atoms with E-state index < -0.39 is 0 Å². The maximum atomic E-state index is 5.35. The maximum absolute atomic E-state index is 5.35. The largest absolute Gasteiger partial charge is 0.383 e. The molecule has 1 aromatic carbocycles. The monoisotopic (exact) mass is 272 g/mol. The minimum Gasteiger partial charge on any atom is -0.383 e. The Bertz CT molecular complexity index is 602. The van der Waals surface area contributed by atoms with E-state index in [-0.39, 0.29) is 0 Å². The second-order valence-corrected chi connectivity index (χ2v) is 5.94. The average Bonchev–Trinajstić information content (AvgIpc) is 2.98. The van der Waals surface area contributed by atoms with E-state index in [1.54, 1.807) is 7.11 Å². The third-order valence-corrected chi connectivity index (χ3v) is 4.66. The fourth-order valence-corrected chi connectivity index (χ4v) is 3.38. The molecule has 1 aromatic heterocycles. The fraction of sp³-hybridized carbons (Fsp3) is 0.529. The normalized spacial score (nSPS) is 20.1. The number of benzene rings is 1. The lowest BCUT2D eigenvalue weighted by Gasteiger charge is -2.24. The number of methoxy groups -OCH3 is 1. The molecule has 1 N–H and O–H groups in total. The van der Waals surface area contributed by atoms with Gasteiger partial charge in [0.05, 0.1) is 12.1 Å². The maximum Gasteiger partial charge on any atom is 0.0618 e. The van der Waals surface area contributed by atoms with E-state index >= 15 is 0 Å². The van der Waals surface area contributed by atoms with Crippen LogP contribution in [0.5, 0.6) is 0 Å². The number of H-pyrrole nitrogens is 1. The third-order valence-electron chi connectivity index (χ3n) is 4.66. The quantitative estimate of drug-likeness (QED) is 0.924. The summed E-state index contributed by atoms with van der Waals surface area (Å²) in [5.74, 6) is 0. The predicted molar refractivity (Wildman–Crippen MR) is 83.1 cm³/mol. The number of ether oxygens (including phenoxy) is 1. The van der Waals surface area contributed by atoms with Gasteiger partial charge in [-0.3, -0.25) is 4.90 Å². The number of aromatic nitrogens is 1. The molecule has 108 valence electrons. The first-order valence-electron chi connectivity index (χ1n) is 7.50. The Kier molecular flexibility index (Phi) is 3.81. The van der Waals surface area contributed by atoms with Crippen molar-refractivity contribution in [1.29, 1.82) is 0 Å².